The van der Waals surface area contributed by atoms with Crippen molar-refractivity contribution in [1.82, 2.24) is 5.32 Å². The van der Waals surface area contributed by atoms with Gasteiger partial charge in [-0.05, 0) is 38.0 Å². The van der Waals surface area contributed by atoms with E-state index in [0.29, 0.717) is 36.3 Å². The predicted octanol–water partition coefficient (Wildman–Crippen LogP) is 3.49. The standard InChI is InChI=1S/C25H29NO8/c1-2-32-21(14-8-9-15-22(28)29)23(19-12-6-7-13-20(19)33-17-16-27)34-25(31)26-24(30)18-10-4-3-5-11-18/h3-7,9-13,15,21,23,27H,2,8,14,16-17H2,1H3,(H,28,29)(H,26,30,31)/b15-9+/t21-,23-/m1/s1. The highest BCUT2D eigenvalue weighted by atomic mass is 16.6. The molecule has 0 spiro atoms. The van der Waals surface area contributed by atoms with Gasteiger partial charge in [-0.3, -0.25) is 10.1 Å². The smallest absolute Gasteiger partial charge is 0.414 e. The van der Waals surface area contributed by atoms with E-state index in [2.05, 4.69) is 5.32 Å². The Bertz CT molecular complexity index is 960. The van der Waals surface area contributed by atoms with Crippen LogP contribution in [0.15, 0.2) is 66.7 Å². The maximum Gasteiger partial charge on any atom is 0.414 e. The van der Waals surface area contributed by atoms with Crippen LogP contribution in [-0.4, -0.2) is 54.1 Å². The quantitative estimate of drug-likeness (QED) is 0.378. The van der Waals surface area contributed by atoms with Crippen molar-refractivity contribution in [3.05, 3.63) is 77.9 Å². The lowest BCUT2D eigenvalue weighted by molar-refractivity contribution is -0.131. The molecule has 182 valence electrons. The average molecular weight is 472 g/mol. The van der Waals surface area contributed by atoms with Crippen LogP contribution in [0.2, 0.25) is 0 Å². The summed E-state index contributed by atoms with van der Waals surface area (Å²) in [6.07, 6.45) is 0.580. The van der Waals surface area contributed by atoms with Gasteiger partial charge in [0.05, 0.1) is 12.7 Å². The van der Waals surface area contributed by atoms with Crippen LogP contribution in [0.3, 0.4) is 0 Å². The number of rotatable bonds is 13. The zero-order valence-corrected chi connectivity index (χ0v) is 18.9. The Hall–Kier alpha value is -3.69. The lowest BCUT2D eigenvalue weighted by Gasteiger charge is -2.28. The molecule has 3 N–H and O–H groups in total. The first-order chi connectivity index (χ1) is 16.5. The number of nitrogens with one attached hydrogen (secondary N) is 1. The Kier molecular flexibility index (Phi) is 11.3. The van der Waals surface area contributed by atoms with Gasteiger partial charge in [-0.15, -0.1) is 0 Å². The topological polar surface area (TPSA) is 131 Å². The monoisotopic (exact) mass is 471 g/mol. The number of aliphatic hydroxyl groups excluding tert-OH is 1. The number of alkyl carbamates (subject to hydrolysis) is 1. The second-order valence-electron chi connectivity index (χ2n) is 7.07. The minimum absolute atomic E-state index is 0.0308. The van der Waals surface area contributed by atoms with E-state index < -0.39 is 30.2 Å². The number of aliphatic hydroxyl groups is 1. The van der Waals surface area contributed by atoms with Gasteiger partial charge in [0.25, 0.3) is 5.91 Å². The molecule has 0 fully saturated rings. The molecule has 2 rings (SSSR count). The largest absolute Gasteiger partial charge is 0.491 e. The summed E-state index contributed by atoms with van der Waals surface area (Å²) in [7, 11) is 0. The van der Waals surface area contributed by atoms with E-state index >= 15 is 0 Å². The van der Waals surface area contributed by atoms with E-state index in [0.717, 1.165) is 6.08 Å². The fourth-order valence-electron chi connectivity index (χ4n) is 3.22. The fourth-order valence-corrected chi connectivity index (χ4v) is 3.22. The number of imide groups is 1. The van der Waals surface area contributed by atoms with Gasteiger partial charge in [-0.2, -0.15) is 0 Å². The molecule has 2 atom stereocenters. The summed E-state index contributed by atoms with van der Waals surface area (Å²) in [6, 6.07) is 15.1. The van der Waals surface area contributed by atoms with Crippen LogP contribution in [0.5, 0.6) is 5.75 Å². The number of para-hydroxylation sites is 1. The van der Waals surface area contributed by atoms with Gasteiger partial charge >= 0.3 is 12.1 Å². The number of allylic oxidation sites excluding steroid dienone is 1. The van der Waals surface area contributed by atoms with Gasteiger partial charge < -0.3 is 24.4 Å². The number of carboxylic acid groups (broad SMARTS) is 1. The summed E-state index contributed by atoms with van der Waals surface area (Å²) in [5.74, 6) is -1.30. The van der Waals surface area contributed by atoms with E-state index in [9.17, 15) is 14.4 Å². The Morgan fingerprint density at radius 1 is 1.06 bits per heavy atom. The van der Waals surface area contributed by atoms with Crippen molar-refractivity contribution in [2.24, 2.45) is 0 Å². The van der Waals surface area contributed by atoms with Crippen molar-refractivity contribution in [3.8, 4) is 5.75 Å². The number of carbonyl (C=O) groups excluding carboxylic acids is 2. The van der Waals surface area contributed by atoms with E-state index in [1.165, 1.54) is 6.08 Å². The molecule has 0 radical (unpaired) electrons. The molecule has 0 aliphatic heterocycles. The van der Waals surface area contributed by atoms with Crippen molar-refractivity contribution >= 4 is 18.0 Å². The molecule has 0 unspecified atom stereocenters. The Labute approximate surface area is 198 Å². The van der Waals surface area contributed by atoms with Crippen molar-refractivity contribution < 1.29 is 38.8 Å². The van der Waals surface area contributed by atoms with Crippen LogP contribution in [0.4, 0.5) is 4.79 Å². The third-order valence-electron chi connectivity index (χ3n) is 4.66. The van der Waals surface area contributed by atoms with Crippen LogP contribution in [0.1, 0.15) is 41.8 Å². The average Bonchev–Trinajstić information content (AvgIpc) is 2.84. The van der Waals surface area contributed by atoms with E-state index in [-0.39, 0.29) is 13.2 Å². The zero-order valence-electron chi connectivity index (χ0n) is 18.9. The Balaban J connectivity index is 2.29. The zero-order chi connectivity index (χ0) is 24.8. The number of carboxylic acids is 1. The van der Waals surface area contributed by atoms with Crippen LogP contribution in [0, 0.1) is 0 Å². The van der Waals surface area contributed by atoms with Gasteiger partial charge in [0.2, 0.25) is 0 Å². The first-order valence-corrected chi connectivity index (χ1v) is 10.9. The highest BCUT2D eigenvalue weighted by molar-refractivity contribution is 6.02. The van der Waals surface area contributed by atoms with Crippen molar-refractivity contribution in [2.75, 3.05) is 19.8 Å². The molecule has 0 bridgehead atoms. The molecule has 2 amide bonds. The molecule has 2 aromatic carbocycles. The van der Waals surface area contributed by atoms with Crippen LogP contribution < -0.4 is 10.1 Å². The number of hydrogen-bond donors (Lipinski definition) is 3. The molecule has 0 saturated heterocycles. The minimum atomic E-state index is -1.07. The predicted molar refractivity (Wildman–Crippen MR) is 124 cm³/mol. The van der Waals surface area contributed by atoms with Crippen molar-refractivity contribution in [1.29, 1.82) is 0 Å². The van der Waals surface area contributed by atoms with Gasteiger partial charge in [0.15, 0.2) is 6.10 Å². The number of hydrogen-bond acceptors (Lipinski definition) is 7. The number of benzene rings is 2. The first-order valence-electron chi connectivity index (χ1n) is 10.9. The molecule has 2 aromatic rings. The first kappa shape index (κ1) is 26.6. The molecule has 0 saturated carbocycles. The second kappa shape index (κ2) is 14.5. The van der Waals surface area contributed by atoms with Gasteiger partial charge in [0.1, 0.15) is 12.4 Å². The molecule has 9 heteroatoms. The molecule has 34 heavy (non-hydrogen) atoms. The lowest BCUT2D eigenvalue weighted by atomic mass is 9.99. The number of ether oxygens (including phenoxy) is 3. The SMILES string of the molecule is CCO[C@H](CC/C=C/C(=O)O)[C@H](OC(=O)NC(=O)c1ccccc1)c1ccccc1OCCO. The molecular weight excluding hydrogens is 442 g/mol. The van der Waals surface area contributed by atoms with E-state index in [1.807, 2.05) is 0 Å². The summed E-state index contributed by atoms with van der Waals surface area (Å²) in [6.45, 7) is 1.91. The molecular formula is C25H29NO8. The summed E-state index contributed by atoms with van der Waals surface area (Å²) < 4.78 is 17.1. The summed E-state index contributed by atoms with van der Waals surface area (Å²) in [5.41, 5.74) is 0.779. The maximum atomic E-state index is 12.7. The van der Waals surface area contributed by atoms with Crippen molar-refractivity contribution in [3.63, 3.8) is 0 Å². The Morgan fingerprint density at radius 3 is 2.44 bits per heavy atom. The number of amides is 2. The number of aliphatic carboxylic acids is 1. The highest BCUT2D eigenvalue weighted by Gasteiger charge is 2.30. The molecule has 0 aliphatic rings. The normalized spacial score (nSPS) is 12.6. The summed E-state index contributed by atoms with van der Waals surface area (Å²) in [4.78, 5) is 35.8. The maximum absolute atomic E-state index is 12.7. The number of carbonyl (C=O) groups is 3. The third kappa shape index (κ3) is 8.68. The summed E-state index contributed by atoms with van der Waals surface area (Å²) >= 11 is 0. The van der Waals surface area contributed by atoms with Gasteiger partial charge in [-0.1, -0.05) is 42.5 Å². The van der Waals surface area contributed by atoms with E-state index in [4.69, 9.17) is 24.4 Å². The lowest BCUT2D eigenvalue weighted by Crippen LogP contribution is -2.35. The Morgan fingerprint density at radius 2 is 1.76 bits per heavy atom. The van der Waals surface area contributed by atoms with Crippen LogP contribution >= 0.6 is 0 Å². The molecule has 0 aromatic heterocycles. The summed E-state index contributed by atoms with van der Waals surface area (Å²) in [5, 5.41) is 20.2. The van der Waals surface area contributed by atoms with Crippen molar-refractivity contribution in [2.45, 2.75) is 32.0 Å². The fraction of sp³-hybridized carbons (Fsp3) is 0.320. The molecule has 0 aliphatic carbocycles. The molecule has 0 heterocycles. The van der Waals surface area contributed by atoms with Gasteiger partial charge in [-0.25, -0.2) is 9.59 Å². The van der Waals surface area contributed by atoms with E-state index in [1.54, 1.807) is 61.5 Å². The van der Waals surface area contributed by atoms with Gasteiger partial charge in [0, 0.05) is 23.8 Å². The molecule has 9 nitrogen and oxygen atoms in total. The van der Waals surface area contributed by atoms with Crippen LogP contribution in [0.25, 0.3) is 0 Å². The van der Waals surface area contributed by atoms with Crippen LogP contribution in [-0.2, 0) is 14.3 Å². The minimum Gasteiger partial charge on any atom is -0.491 e. The third-order valence-corrected chi connectivity index (χ3v) is 4.66. The second-order valence-corrected chi connectivity index (χ2v) is 7.07. The highest BCUT2D eigenvalue weighted by Crippen LogP contribution is 2.33.